The lowest BCUT2D eigenvalue weighted by Gasteiger charge is -2.05. The Bertz CT molecular complexity index is 131. The Morgan fingerprint density at radius 2 is 2.08 bits per heavy atom. The highest BCUT2D eigenvalue weighted by atomic mass is 16.5. The molecule has 0 aliphatic carbocycles. The summed E-state index contributed by atoms with van der Waals surface area (Å²) >= 11 is 0. The smallest absolute Gasteiger partial charge is 0.216 e. The molecule has 0 aromatic heterocycles. The Morgan fingerprint density at radius 1 is 1.31 bits per heavy atom. The molecule has 78 valence electrons. The molecule has 1 amide bonds. The van der Waals surface area contributed by atoms with Crippen LogP contribution in [0.15, 0.2) is 0 Å². The molecule has 0 unspecified atom stereocenters. The zero-order valence-electron chi connectivity index (χ0n) is 8.01. The van der Waals surface area contributed by atoms with Crippen LogP contribution in [0.5, 0.6) is 0 Å². The molecule has 0 bridgehead atoms. The van der Waals surface area contributed by atoms with E-state index in [2.05, 4.69) is 10.6 Å². The maximum atomic E-state index is 10.4. The topological polar surface area (TPSA) is 70.6 Å². The number of rotatable bonds is 8. The minimum absolute atomic E-state index is 0.0154. The molecule has 0 aliphatic rings. The second-order valence-electron chi connectivity index (χ2n) is 2.57. The van der Waals surface area contributed by atoms with Crippen molar-refractivity contribution in [3.05, 3.63) is 0 Å². The Morgan fingerprint density at radius 3 is 2.69 bits per heavy atom. The van der Waals surface area contributed by atoms with Crippen molar-refractivity contribution in [3.63, 3.8) is 0 Å². The Labute approximate surface area is 78.5 Å². The number of hydrogen-bond acceptors (Lipinski definition) is 4. The fourth-order valence-electron chi connectivity index (χ4n) is 0.763. The first-order valence-corrected chi connectivity index (χ1v) is 4.41. The summed E-state index contributed by atoms with van der Waals surface area (Å²) < 4.78 is 5.01. The standard InChI is InChI=1S/C8H18N2O3/c1-8(12)10-3-2-9-4-6-13-7-5-11/h9,11H,2-7H2,1H3,(H,10,12). The fourth-order valence-corrected chi connectivity index (χ4v) is 0.763. The second-order valence-corrected chi connectivity index (χ2v) is 2.57. The van der Waals surface area contributed by atoms with Crippen LogP contribution in [-0.2, 0) is 9.53 Å². The van der Waals surface area contributed by atoms with Gasteiger partial charge in [0.2, 0.25) is 5.91 Å². The van der Waals surface area contributed by atoms with Crippen LogP contribution in [0.3, 0.4) is 0 Å². The van der Waals surface area contributed by atoms with Crippen molar-refractivity contribution in [2.24, 2.45) is 0 Å². The van der Waals surface area contributed by atoms with Crippen LogP contribution in [0.4, 0.5) is 0 Å². The van der Waals surface area contributed by atoms with Gasteiger partial charge < -0.3 is 20.5 Å². The molecular formula is C8H18N2O3. The second kappa shape index (κ2) is 9.44. The number of aliphatic hydroxyl groups excluding tert-OH is 1. The number of ether oxygens (including phenoxy) is 1. The summed E-state index contributed by atoms with van der Waals surface area (Å²) in [5.74, 6) is -0.0154. The van der Waals surface area contributed by atoms with Crippen LogP contribution in [0, 0.1) is 0 Å². The van der Waals surface area contributed by atoms with Crippen LogP contribution >= 0.6 is 0 Å². The molecule has 0 saturated carbocycles. The van der Waals surface area contributed by atoms with Gasteiger partial charge in [-0.05, 0) is 0 Å². The molecule has 0 fully saturated rings. The summed E-state index contributed by atoms with van der Waals surface area (Å²) in [5, 5.41) is 14.1. The molecule has 0 aliphatic heterocycles. The van der Waals surface area contributed by atoms with Crippen LogP contribution in [-0.4, -0.2) is 50.5 Å². The average molecular weight is 190 g/mol. The monoisotopic (exact) mass is 190 g/mol. The zero-order valence-corrected chi connectivity index (χ0v) is 8.01. The lowest BCUT2D eigenvalue weighted by molar-refractivity contribution is -0.118. The van der Waals surface area contributed by atoms with Crippen LogP contribution in [0.25, 0.3) is 0 Å². The van der Waals surface area contributed by atoms with Crippen molar-refractivity contribution in [2.75, 3.05) is 39.5 Å². The molecule has 0 aromatic carbocycles. The number of amides is 1. The molecule has 5 nitrogen and oxygen atoms in total. The third-order valence-electron chi connectivity index (χ3n) is 1.33. The van der Waals surface area contributed by atoms with Gasteiger partial charge in [0, 0.05) is 26.6 Å². The fraction of sp³-hybridized carbons (Fsp3) is 0.875. The zero-order chi connectivity index (χ0) is 9.94. The van der Waals surface area contributed by atoms with Crippen molar-refractivity contribution in [1.29, 1.82) is 0 Å². The summed E-state index contributed by atoms with van der Waals surface area (Å²) in [5.41, 5.74) is 0. The van der Waals surface area contributed by atoms with Crippen molar-refractivity contribution in [1.82, 2.24) is 10.6 Å². The number of hydrogen-bond donors (Lipinski definition) is 3. The van der Waals surface area contributed by atoms with Gasteiger partial charge in [0.25, 0.3) is 0 Å². The third-order valence-corrected chi connectivity index (χ3v) is 1.33. The normalized spacial score (nSPS) is 10.0. The Balaban J connectivity index is 2.87. The summed E-state index contributed by atoms with van der Waals surface area (Å²) in [6.45, 7) is 4.63. The predicted octanol–water partition coefficient (Wildman–Crippen LogP) is -1.28. The molecule has 5 heteroatoms. The number of aliphatic hydroxyl groups is 1. The van der Waals surface area contributed by atoms with Crippen LogP contribution in [0.1, 0.15) is 6.92 Å². The summed E-state index contributed by atoms with van der Waals surface area (Å²) in [6, 6.07) is 0. The van der Waals surface area contributed by atoms with Crippen molar-refractivity contribution < 1.29 is 14.6 Å². The largest absolute Gasteiger partial charge is 0.394 e. The van der Waals surface area contributed by atoms with Gasteiger partial charge in [-0.25, -0.2) is 0 Å². The third kappa shape index (κ3) is 11.3. The van der Waals surface area contributed by atoms with Gasteiger partial charge >= 0.3 is 0 Å². The maximum absolute atomic E-state index is 10.4. The van der Waals surface area contributed by atoms with E-state index in [1.165, 1.54) is 6.92 Å². The summed E-state index contributed by atoms with van der Waals surface area (Å²) in [6.07, 6.45) is 0. The van der Waals surface area contributed by atoms with Gasteiger partial charge in [-0.3, -0.25) is 4.79 Å². The Hall–Kier alpha value is -0.650. The first-order valence-electron chi connectivity index (χ1n) is 4.41. The highest BCUT2D eigenvalue weighted by molar-refractivity contribution is 5.72. The first-order chi connectivity index (χ1) is 6.27. The van der Waals surface area contributed by atoms with E-state index in [1.807, 2.05) is 0 Å². The SMILES string of the molecule is CC(=O)NCCNCCOCCO. The van der Waals surface area contributed by atoms with Gasteiger partial charge in [0.05, 0.1) is 19.8 Å². The highest BCUT2D eigenvalue weighted by Gasteiger charge is 1.90. The molecule has 13 heavy (non-hydrogen) atoms. The minimum Gasteiger partial charge on any atom is -0.394 e. The van der Waals surface area contributed by atoms with Crippen molar-refractivity contribution in [3.8, 4) is 0 Å². The van der Waals surface area contributed by atoms with Gasteiger partial charge in [0.1, 0.15) is 0 Å². The van der Waals surface area contributed by atoms with Gasteiger partial charge in [0.15, 0.2) is 0 Å². The molecule has 0 heterocycles. The molecule has 0 rings (SSSR count). The van der Waals surface area contributed by atoms with Gasteiger partial charge in [-0.1, -0.05) is 0 Å². The summed E-state index contributed by atoms with van der Waals surface area (Å²) in [4.78, 5) is 10.4. The quantitative estimate of drug-likeness (QED) is 0.417. The predicted molar refractivity (Wildman–Crippen MR) is 49.5 cm³/mol. The molecular weight excluding hydrogens is 172 g/mol. The van der Waals surface area contributed by atoms with Crippen molar-refractivity contribution in [2.45, 2.75) is 6.92 Å². The maximum Gasteiger partial charge on any atom is 0.216 e. The lowest BCUT2D eigenvalue weighted by Crippen LogP contribution is -2.31. The van der Waals surface area contributed by atoms with Crippen LogP contribution < -0.4 is 10.6 Å². The first kappa shape index (κ1) is 12.3. The van der Waals surface area contributed by atoms with E-state index in [-0.39, 0.29) is 12.5 Å². The van der Waals surface area contributed by atoms with E-state index in [9.17, 15) is 4.79 Å². The lowest BCUT2D eigenvalue weighted by atomic mass is 10.5. The Kier molecular flexibility index (Phi) is 8.97. The molecule has 0 aromatic rings. The minimum atomic E-state index is -0.0154. The number of carbonyl (C=O) groups is 1. The average Bonchev–Trinajstić information content (AvgIpc) is 2.09. The van der Waals surface area contributed by atoms with E-state index in [1.54, 1.807) is 0 Å². The van der Waals surface area contributed by atoms with E-state index in [4.69, 9.17) is 9.84 Å². The molecule has 0 spiro atoms. The molecule has 3 N–H and O–H groups in total. The number of carbonyl (C=O) groups excluding carboxylic acids is 1. The molecule has 0 radical (unpaired) electrons. The van der Waals surface area contributed by atoms with E-state index in [0.717, 1.165) is 13.1 Å². The highest BCUT2D eigenvalue weighted by Crippen LogP contribution is 1.70. The summed E-state index contributed by atoms with van der Waals surface area (Å²) in [7, 11) is 0. The molecule has 0 saturated heterocycles. The van der Waals surface area contributed by atoms with Crippen LogP contribution in [0.2, 0.25) is 0 Å². The van der Waals surface area contributed by atoms with E-state index in [0.29, 0.717) is 19.8 Å². The molecule has 0 atom stereocenters. The van der Waals surface area contributed by atoms with Gasteiger partial charge in [-0.15, -0.1) is 0 Å². The van der Waals surface area contributed by atoms with Gasteiger partial charge in [-0.2, -0.15) is 0 Å². The van der Waals surface area contributed by atoms with E-state index < -0.39 is 0 Å². The van der Waals surface area contributed by atoms with E-state index >= 15 is 0 Å². The van der Waals surface area contributed by atoms with Crippen molar-refractivity contribution >= 4 is 5.91 Å². The number of nitrogens with one attached hydrogen (secondary N) is 2.